The van der Waals surface area contributed by atoms with E-state index < -0.39 is 27.5 Å². The van der Waals surface area contributed by atoms with Crippen LogP contribution in [0.3, 0.4) is 0 Å². The first kappa shape index (κ1) is 11.1. The van der Waals surface area contributed by atoms with Crippen LogP contribution in [0.4, 0.5) is 4.39 Å². The number of rotatable bonds is 3. The molecule has 1 aromatic rings. The molecule has 14 heavy (non-hydrogen) atoms. The fourth-order valence-electron chi connectivity index (χ4n) is 1.10. The zero-order chi connectivity index (χ0) is 10.8. The topological polar surface area (TPSA) is 54.4 Å². The van der Waals surface area contributed by atoms with E-state index in [1.165, 1.54) is 25.1 Å². The lowest BCUT2D eigenvalue weighted by atomic mass is 10.3. The van der Waals surface area contributed by atoms with Crippen molar-refractivity contribution in [2.75, 3.05) is 5.75 Å². The summed E-state index contributed by atoms with van der Waals surface area (Å²) in [6, 6.07) is 5.12. The van der Waals surface area contributed by atoms with E-state index in [4.69, 9.17) is 5.11 Å². The number of hydrogen-bond acceptors (Lipinski definition) is 3. The Morgan fingerprint density at radius 3 is 2.50 bits per heavy atom. The number of halogens is 1. The largest absolute Gasteiger partial charge is 0.392 e. The van der Waals surface area contributed by atoms with Crippen molar-refractivity contribution in [3.63, 3.8) is 0 Å². The average molecular weight is 218 g/mol. The molecule has 1 aromatic carbocycles. The van der Waals surface area contributed by atoms with Crippen LogP contribution >= 0.6 is 0 Å². The lowest BCUT2D eigenvalue weighted by Gasteiger charge is -2.06. The van der Waals surface area contributed by atoms with Gasteiger partial charge in [0.25, 0.3) is 0 Å². The highest BCUT2D eigenvalue weighted by molar-refractivity contribution is 7.91. The zero-order valence-electron chi connectivity index (χ0n) is 7.64. The van der Waals surface area contributed by atoms with Crippen LogP contribution in [0, 0.1) is 5.82 Å². The minimum absolute atomic E-state index is 0.360. The van der Waals surface area contributed by atoms with Gasteiger partial charge in [0.1, 0.15) is 10.7 Å². The molecule has 0 radical (unpaired) electrons. The molecule has 1 rings (SSSR count). The quantitative estimate of drug-likeness (QED) is 0.822. The van der Waals surface area contributed by atoms with Gasteiger partial charge in [-0.25, -0.2) is 12.8 Å². The molecule has 5 heteroatoms. The molecule has 1 unspecified atom stereocenters. The summed E-state index contributed by atoms with van der Waals surface area (Å²) in [7, 11) is -3.72. The van der Waals surface area contributed by atoms with Crippen molar-refractivity contribution in [2.24, 2.45) is 0 Å². The molecule has 0 aliphatic carbocycles. The van der Waals surface area contributed by atoms with Gasteiger partial charge in [-0.15, -0.1) is 0 Å². The predicted molar refractivity (Wildman–Crippen MR) is 50.1 cm³/mol. The second-order valence-corrected chi connectivity index (χ2v) is 5.06. The van der Waals surface area contributed by atoms with Crippen molar-refractivity contribution in [1.82, 2.24) is 0 Å². The zero-order valence-corrected chi connectivity index (χ0v) is 8.46. The Balaban J connectivity index is 3.11. The van der Waals surface area contributed by atoms with Gasteiger partial charge in [-0.2, -0.15) is 0 Å². The predicted octanol–water partition coefficient (Wildman–Crippen LogP) is 0.980. The van der Waals surface area contributed by atoms with Gasteiger partial charge >= 0.3 is 0 Å². The van der Waals surface area contributed by atoms with Crippen molar-refractivity contribution in [3.05, 3.63) is 30.1 Å². The van der Waals surface area contributed by atoms with Gasteiger partial charge in [-0.3, -0.25) is 0 Å². The summed E-state index contributed by atoms with van der Waals surface area (Å²) in [5, 5.41) is 8.94. The van der Waals surface area contributed by atoms with Gasteiger partial charge in [0.15, 0.2) is 9.84 Å². The highest BCUT2D eigenvalue weighted by Gasteiger charge is 2.20. The smallest absolute Gasteiger partial charge is 0.183 e. The summed E-state index contributed by atoms with van der Waals surface area (Å²) in [5.41, 5.74) is 0. The van der Waals surface area contributed by atoms with Gasteiger partial charge in [0.2, 0.25) is 0 Å². The van der Waals surface area contributed by atoms with E-state index in [0.29, 0.717) is 0 Å². The Labute approximate surface area is 82.1 Å². The molecule has 0 spiro atoms. The summed E-state index contributed by atoms with van der Waals surface area (Å²) in [4.78, 5) is -0.360. The highest BCUT2D eigenvalue weighted by Crippen LogP contribution is 2.15. The molecule has 0 saturated carbocycles. The third kappa shape index (κ3) is 2.52. The van der Waals surface area contributed by atoms with Crippen molar-refractivity contribution in [1.29, 1.82) is 0 Å². The number of aliphatic hydroxyl groups excluding tert-OH is 1. The lowest BCUT2D eigenvalue weighted by molar-refractivity contribution is 0.218. The molecule has 0 aliphatic rings. The average Bonchev–Trinajstić information content (AvgIpc) is 2.02. The fraction of sp³-hybridized carbons (Fsp3) is 0.333. The second-order valence-electron chi connectivity index (χ2n) is 3.06. The monoisotopic (exact) mass is 218 g/mol. The molecule has 0 amide bonds. The molecule has 3 nitrogen and oxygen atoms in total. The Kier molecular flexibility index (Phi) is 3.23. The summed E-state index contributed by atoms with van der Waals surface area (Å²) in [6.07, 6.45) is -1.00. The van der Waals surface area contributed by atoms with Crippen LogP contribution in [0.5, 0.6) is 0 Å². The van der Waals surface area contributed by atoms with E-state index in [-0.39, 0.29) is 4.90 Å². The van der Waals surface area contributed by atoms with Crippen LogP contribution < -0.4 is 0 Å². The van der Waals surface area contributed by atoms with Crippen molar-refractivity contribution < 1.29 is 17.9 Å². The highest BCUT2D eigenvalue weighted by atomic mass is 32.2. The number of benzene rings is 1. The minimum Gasteiger partial charge on any atom is -0.392 e. The Morgan fingerprint density at radius 2 is 2.00 bits per heavy atom. The van der Waals surface area contributed by atoms with Gasteiger partial charge < -0.3 is 5.11 Å². The van der Waals surface area contributed by atoms with Crippen LogP contribution in [0.2, 0.25) is 0 Å². The van der Waals surface area contributed by atoms with E-state index in [2.05, 4.69) is 0 Å². The molecule has 0 aliphatic heterocycles. The first-order chi connectivity index (χ1) is 6.43. The maximum absolute atomic E-state index is 13.1. The number of aliphatic hydroxyl groups is 1. The van der Waals surface area contributed by atoms with Crippen molar-refractivity contribution >= 4 is 9.84 Å². The molecule has 1 atom stereocenters. The third-order valence-electron chi connectivity index (χ3n) is 1.63. The Morgan fingerprint density at radius 1 is 1.43 bits per heavy atom. The van der Waals surface area contributed by atoms with Gasteiger partial charge in [-0.05, 0) is 19.1 Å². The summed E-state index contributed by atoms with van der Waals surface area (Å²) in [6.45, 7) is 1.35. The molecule has 1 N–H and O–H groups in total. The summed E-state index contributed by atoms with van der Waals surface area (Å²) in [5.74, 6) is -1.25. The normalized spacial score (nSPS) is 13.9. The lowest BCUT2D eigenvalue weighted by Crippen LogP contribution is -2.18. The standard InChI is InChI=1S/C9H11FO3S/c1-7(11)6-14(12,13)9-5-3-2-4-8(9)10/h2-5,7,11H,6H2,1H3. The van der Waals surface area contributed by atoms with E-state index in [1.54, 1.807) is 0 Å². The van der Waals surface area contributed by atoms with E-state index in [9.17, 15) is 12.8 Å². The molecule has 0 heterocycles. The second kappa shape index (κ2) is 4.06. The molecule has 0 fully saturated rings. The third-order valence-corrected chi connectivity index (χ3v) is 3.55. The van der Waals surface area contributed by atoms with Gasteiger partial charge in [-0.1, -0.05) is 12.1 Å². The molecular weight excluding hydrogens is 207 g/mol. The molecule has 0 saturated heterocycles. The molecule has 0 aromatic heterocycles. The van der Waals surface area contributed by atoms with Crippen LogP contribution in [-0.2, 0) is 9.84 Å². The molecular formula is C9H11FO3S. The van der Waals surface area contributed by atoms with Crippen molar-refractivity contribution in [2.45, 2.75) is 17.9 Å². The first-order valence-electron chi connectivity index (χ1n) is 4.09. The van der Waals surface area contributed by atoms with E-state index in [0.717, 1.165) is 6.07 Å². The van der Waals surface area contributed by atoms with E-state index in [1.807, 2.05) is 0 Å². The van der Waals surface area contributed by atoms with Crippen LogP contribution in [0.15, 0.2) is 29.2 Å². The summed E-state index contributed by atoms with van der Waals surface area (Å²) >= 11 is 0. The Bertz CT molecular complexity index is 412. The van der Waals surface area contributed by atoms with Gasteiger partial charge in [0, 0.05) is 0 Å². The molecule has 78 valence electrons. The van der Waals surface area contributed by atoms with Crippen molar-refractivity contribution in [3.8, 4) is 0 Å². The SMILES string of the molecule is CC(O)CS(=O)(=O)c1ccccc1F. The van der Waals surface area contributed by atoms with Crippen LogP contribution in [0.1, 0.15) is 6.92 Å². The number of hydrogen-bond donors (Lipinski definition) is 1. The van der Waals surface area contributed by atoms with Crippen LogP contribution in [0.25, 0.3) is 0 Å². The summed E-state index contributed by atoms with van der Waals surface area (Å²) < 4.78 is 36.0. The van der Waals surface area contributed by atoms with Crippen LogP contribution in [-0.4, -0.2) is 25.4 Å². The number of sulfone groups is 1. The van der Waals surface area contributed by atoms with Gasteiger partial charge in [0.05, 0.1) is 11.9 Å². The Hall–Kier alpha value is -0.940. The fourth-order valence-corrected chi connectivity index (χ4v) is 2.57. The molecule has 0 bridgehead atoms. The maximum Gasteiger partial charge on any atom is 0.183 e. The first-order valence-corrected chi connectivity index (χ1v) is 5.74. The van der Waals surface area contributed by atoms with E-state index >= 15 is 0 Å². The minimum atomic E-state index is -3.72. The maximum atomic E-state index is 13.1.